The molecule has 0 N–H and O–H groups in total. The van der Waals surface area contributed by atoms with Crippen LogP contribution in [0.2, 0.25) is 0 Å². The molecule has 21 heavy (non-hydrogen) atoms. The molecule has 0 radical (unpaired) electrons. The number of hydrogen-bond donors (Lipinski definition) is 0. The van der Waals surface area contributed by atoms with Gasteiger partial charge in [-0.1, -0.05) is 44.2 Å². The Kier molecular flexibility index (Phi) is 3.28. The minimum absolute atomic E-state index is 0.0699. The summed E-state index contributed by atoms with van der Waals surface area (Å²) in [6.07, 6.45) is 2.39. The molecule has 0 spiro atoms. The molecule has 114 valence electrons. The molecule has 0 saturated heterocycles. The normalized spacial score (nSPS) is 35.3. The summed E-state index contributed by atoms with van der Waals surface area (Å²) in [7, 11) is -3.22. The van der Waals surface area contributed by atoms with E-state index in [2.05, 4.69) is 0 Å². The standard InChI is InChI=1S/C17H22O3S/c1-16-9-8-14(10-15(16)18)17(16,2)12-21(19,20)11-13-6-4-3-5-7-13/h3-7,14H,8-12H2,1-2H3/t14-,16+,17+/m1/s1. The fourth-order valence-electron chi connectivity index (χ4n) is 4.37. The molecule has 2 saturated carbocycles. The van der Waals surface area contributed by atoms with Crippen molar-refractivity contribution in [2.75, 3.05) is 5.75 Å². The number of benzene rings is 1. The second-order valence-corrected chi connectivity index (χ2v) is 9.19. The van der Waals surface area contributed by atoms with Crippen LogP contribution in [-0.4, -0.2) is 20.0 Å². The fraction of sp³-hybridized carbons (Fsp3) is 0.588. The number of Topliss-reactive ketones (excluding diaryl/α,β-unsaturated/α-hetero) is 1. The van der Waals surface area contributed by atoms with Crippen molar-refractivity contribution in [1.82, 2.24) is 0 Å². The summed E-state index contributed by atoms with van der Waals surface area (Å²) >= 11 is 0. The molecule has 4 heteroatoms. The highest BCUT2D eigenvalue weighted by molar-refractivity contribution is 7.90. The Morgan fingerprint density at radius 1 is 1.19 bits per heavy atom. The second-order valence-electron chi connectivity index (χ2n) is 7.13. The summed E-state index contributed by atoms with van der Waals surface area (Å²) < 4.78 is 25.2. The van der Waals surface area contributed by atoms with Crippen LogP contribution in [0.15, 0.2) is 30.3 Å². The van der Waals surface area contributed by atoms with Crippen molar-refractivity contribution >= 4 is 15.6 Å². The van der Waals surface area contributed by atoms with E-state index in [0.717, 1.165) is 18.4 Å². The van der Waals surface area contributed by atoms with Crippen molar-refractivity contribution in [3.8, 4) is 0 Å². The van der Waals surface area contributed by atoms with Crippen molar-refractivity contribution in [3.63, 3.8) is 0 Å². The Labute approximate surface area is 126 Å². The van der Waals surface area contributed by atoms with E-state index in [4.69, 9.17) is 0 Å². The van der Waals surface area contributed by atoms with Gasteiger partial charge >= 0.3 is 0 Å². The first-order chi connectivity index (χ1) is 9.77. The molecule has 1 aromatic carbocycles. The quantitative estimate of drug-likeness (QED) is 0.859. The maximum atomic E-state index is 12.6. The molecule has 0 aliphatic heterocycles. The highest BCUT2D eigenvalue weighted by atomic mass is 32.2. The Bertz CT molecular complexity index is 665. The molecule has 2 fully saturated rings. The zero-order valence-corrected chi connectivity index (χ0v) is 13.4. The summed E-state index contributed by atoms with van der Waals surface area (Å²) in [5.74, 6) is 0.694. The summed E-state index contributed by atoms with van der Waals surface area (Å²) in [6.45, 7) is 3.98. The fourth-order valence-corrected chi connectivity index (χ4v) is 6.64. The number of fused-ring (bicyclic) bond motifs is 2. The maximum absolute atomic E-state index is 12.6. The number of ketones is 1. The van der Waals surface area contributed by atoms with E-state index in [0.29, 0.717) is 6.42 Å². The van der Waals surface area contributed by atoms with Crippen LogP contribution >= 0.6 is 0 Å². The van der Waals surface area contributed by atoms with Crippen molar-refractivity contribution < 1.29 is 13.2 Å². The van der Waals surface area contributed by atoms with Gasteiger partial charge in [0.15, 0.2) is 9.84 Å². The van der Waals surface area contributed by atoms with E-state index in [9.17, 15) is 13.2 Å². The highest BCUT2D eigenvalue weighted by Crippen LogP contribution is 2.64. The van der Waals surface area contributed by atoms with Crippen LogP contribution in [0.25, 0.3) is 0 Å². The van der Waals surface area contributed by atoms with Gasteiger partial charge in [-0.3, -0.25) is 4.79 Å². The Morgan fingerprint density at radius 2 is 1.86 bits per heavy atom. The van der Waals surface area contributed by atoms with Gasteiger partial charge in [0.2, 0.25) is 0 Å². The van der Waals surface area contributed by atoms with Crippen LogP contribution in [0, 0.1) is 16.7 Å². The Morgan fingerprint density at radius 3 is 2.38 bits per heavy atom. The first kappa shape index (κ1) is 14.8. The smallest absolute Gasteiger partial charge is 0.155 e. The maximum Gasteiger partial charge on any atom is 0.155 e. The predicted octanol–water partition coefficient (Wildman–Crippen LogP) is 3.00. The summed E-state index contributed by atoms with van der Waals surface area (Å²) in [4.78, 5) is 12.2. The molecule has 3 rings (SSSR count). The lowest BCUT2D eigenvalue weighted by Crippen LogP contribution is -2.40. The van der Waals surface area contributed by atoms with Crippen molar-refractivity contribution in [1.29, 1.82) is 0 Å². The SMILES string of the molecule is C[C@]12CC[C@H](CC1=O)[C@]2(C)CS(=O)(=O)Cc1ccccc1. The number of carbonyl (C=O) groups is 1. The predicted molar refractivity (Wildman–Crippen MR) is 82.5 cm³/mol. The molecular weight excluding hydrogens is 284 g/mol. The van der Waals surface area contributed by atoms with E-state index >= 15 is 0 Å². The van der Waals surface area contributed by atoms with Gasteiger partial charge in [0, 0.05) is 11.8 Å². The van der Waals surface area contributed by atoms with Crippen LogP contribution in [0.5, 0.6) is 0 Å². The Balaban J connectivity index is 1.85. The van der Waals surface area contributed by atoms with E-state index in [1.807, 2.05) is 44.2 Å². The molecule has 2 aliphatic carbocycles. The van der Waals surface area contributed by atoms with E-state index in [1.54, 1.807) is 0 Å². The van der Waals surface area contributed by atoms with Crippen molar-refractivity contribution in [2.45, 2.75) is 38.9 Å². The third-order valence-corrected chi connectivity index (χ3v) is 7.76. The average Bonchev–Trinajstić information content (AvgIpc) is 2.73. The largest absolute Gasteiger partial charge is 0.299 e. The molecular formula is C17H22O3S. The molecule has 0 unspecified atom stereocenters. The van der Waals surface area contributed by atoms with Crippen LogP contribution in [-0.2, 0) is 20.4 Å². The third kappa shape index (κ3) is 2.24. The first-order valence-corrected chi connectivity index (χ1v) is 9.37. The molecule has 0 heterocycles. The topological polar surface area (TPSA) is 51.2 Å². The number of hydrogen-bond acceptors (Lipinski definition) is 3. The van der Waals surface area contributed by atoms with Crippen LogP contribution in [0.3, 0.4) is 0 Å². The lowest BCUT2D eigenvalue weighted by Gasteiger charge is -2.36. The second kappa shape index (κ2) is 4.67. The van der Waals surface area contributed by atoms with Gasteiger partial charge in [0.1, 0.15) is 5.78 Å². The third-order valence-electron chi connectivity index (χ3n) is 5.95. The molecule has 3 atom stereocenters. The molecule has 3 nitrogen and oxygen atoms in total. The van der Waals surface area contributed by atoms with Crippen LogP contribution in [0.4, 0.5) is 0 Å². The number of sulfone groups is 1. The minimum atomic E-state index is -3.22. The zero-order valence-electron chi connectivity index (χ0n) is 12.6. The number of rotatable bonds is 4. The van der Waals surface area contributed by atoms with Gasteiger partial charge in [-0.2, -0.15) is 0 Å². The monoisotopic (exact) mass is 306 g/mol. The van der Waals surface area contributed by atoms with E-state index < -0.39 is 20.7 Å². The van der Waals surface area contributed by atoms with Gasteiger partial charge in [-0.15, -0.1) is 0 Å². The van der Waals surface area contributed by atoms with Gasteiger partial charge in [-0.25, -0.2) is 8.42 Å². The average molecular weight is 306 g/mol. The van der Waals surface area contributed by atoms with Gasteiger partial charge in [0.25, 0.3) is 0 Å². The van der Waals surface area contributed by atoms with Gasteiger partial charge in [-0.05, 0) is 29.7 Å². The Hall–Kier alpha value is -1.16. The molecule has 2 aliphatic rings. The molecule has 1 aromatic rings. The summed E-state index contributed by atoms with van der Waals surface area (Å²) in [5, 5.41) is 0. The van der Waals surface area contributed by atoms with E-state index in [-0.39, 0.29) is 23.2 Å². The van der Waals surface area contributed by atoms with Crippen molar-refractivity contribution in [2.24, 2.45) is 16.7 Å². The number of carbonyl (C=O) groups excluding carboxylic acids is 1. The first-order valence-electron chi connectivity index (χ1n) is 7.54. The van der Waals surface area contributed by atoms with Crippen LogP contribution in [0.1, 0.15) is 38.7 Å². The zero-order chi connectivity index (χ0) is 15.3. The van der Waals surface area contributed by atoms with Crippen molar-refractivity contribution in [3.05, 3.63) is 35.9 Å². The van der Waals surface area contributed by atoms with Crippen LogP contribution < -0.4 is 0 Å². The summed E-state index contributed by atoms with van der Waals surface area (Å²) in [6, 6.07) is 9.29. The summed E-state index contributed by atoms with van der Waals surface area (Å²) in [5.41, 5.74) is -0.0121. The van der Waals surface area contributed by atoms with Gasteiger partial charge in [0.05, 0.1) is 11.5 Å². The van der Waals surface area contributed by atoms with E-state index in [1.165, 1.54) is 0 Å². The molecule has 0 aromatic heterocycles. The molecule has 2 bridgehead atoms. The lowest BCUT2D eigenvalue weighted by atomic mass is 9.70. The molecule has 0 amide bonds. The van der Waals surface area contributed by atoms with Gasteiger partial charge < -0.3 is 0 Å². The highest BCUT2D eigenvalue weighted by Gasteiger charge is 2.64. The lowest BCUT2D eigenvalue weighted by molar-refractivity contribution is -0.128. The minimum Gasteiger partial charge on any atom is -0.299 e.